The lowest BCUT2D eigenvalue weighted by atomic mass is 9.98. The molecule has 3 aromatic rings. The summed E-state index contributed by atoms with van der Waals surface area (Å²) in [4.78, 5) is 16.7. The van der Waals surface area contributed by atoms with Crippen LogP contribution in [0.3, 0.4) is 0 Å². The number of aromatic nitrogens is 1. The molecule has 0 bridgehead atoms. The molecule has 2 aromatic carbocycles. The van der Waals surface area contributed by atoms with E-state index in [4.69, 9.17) is 16.0 Å². The second kappa shape index (κ2) is 7.50. The molecule has 3 rings (SSSR count). The monoisotopic (exact) mass is 374 g/mol. The number of anilines is 1. The fourth-order valence-corrected chi connectivity index (χ4v) is 3.39. The lowest BCUT2D eigenvalue weighted by molar-refractivity contribution is -0.113. The van der Waals surface area contributed by atoms with Crippen molar-refractivity contribution in [1.82, 2.24) is 4.98 Å². The molecule has 0 aliphatic heterocycles. The fraction of sp³-hybridized carbons (Fsp3) is 0.263. The Kier molecular flexibility index (Phi) is 5.35. The predicted molar refractivity (Wildman–Crippen MR) is 104 cm³/mol. The van der Waals surface area contributed by atoms with Crippen molar-refractivity contribution in [3.63, 3.8) is 0 Å². The van der Waals surface area contributed by atoms with E-state index >= 15 is 0 Å². The van der Waals surface area contributed by atoms with Gasteiger partial charge >= 0.3 is 0 Å². The second-order valence-electron chi connectivity index (χ2n) is 6.12. The van der Waals surface area contributed by atoms with Gasteiger partial charge < -0.3 is 9.73 Å². The summed E-state index contributed by atoms with van der Waals surface area (Å²) < 4.78 is 5.62. The minimum atomic E-state index is -0.0820. The Morgan fingerprint density at radius 3 is 2.88 bits per heavy atom. The van der Waals surface area contributed by atoms with Crippen molar-refractivity contribution < 1.29 is 9.21 Å². The Morgan fingerprint density at radius 1 is 1.32 bits per heavy atom. The summed E-state index contributed by atoms with van der Waals surface area (Å²) in [6, 6.07) is 11.3. The van der Waals surface area contributed by atoms with Crippen LogP contribution in [0.5, 0.6) is 0 Å². The number of fused-ring (bicyclic) bond motifs is 1. The van der Waals surface area contributed by atoms with Crippen LogP contribution in [0.2, 0.25) is 5.02 Å². The number of carbonyl (C=O) groups is 1. The molecule has 6 heteroatoms. The highest BCUT2D eigenvalue weighted by Crippen LogP contribution is 2.29. The van der Waals surface area contributed by atoms with Crippen molar-refractivity contribution in [2.75, 3.05) is 11.1 Å². The summed E-state index contributed by atoms with van der Waals surface area (Å²) in [7, 11) is 0. The third-order valence-corrected chi connectivity index (χ3v) is 4.91. The third-order valence-electron chi connectivity index (χ3n) is 3.85. The van der Waals surface area contributed by atoms with Gasteiger partial charge in [-0.3, -0.25) is 4.79 Å². The van der Waals surface area contributed by atoms with E-state index in [9.17, 15) is 4.79 Å². The highest BCUT2D eigenvalue weighted by atomic mass is 35.5. The molecule has 0 aliphatic rings. The molecule has 0 radical (unpaired) electrons. The van der Waals surface area contributed by atoms with E-state index in [1.807, 2.05) is 25.1 Å². The first kappa shape index (κ1) is 17.8. The molecule has 0 spiro atoms. The molecule has 130 valence electrons. The van der Waals surface area contributed by atoms with E-state index < -0.39 is 0 Å². The zero-order valence-corrected chi connectivity index (χ0v) is 15.9. The average molecular weight is 375 g/mol. The smallest absolute Gasteiger partial charge is 0.257 e. The SMILES string of the molecule is Cc1cccc(C(C)C)c1NC(=O)CSc1nc2cc(Cl)ccc2o1. The molecular formula is C19H19ClN2O2S. The molecular weight excluding hydrogens is 356 g/mol. The van der Waals surface area contributed by atoms with Crippen LogP contribution in [0.15, 0.2) is 46.0 Å². The van der Waals surface area contributed by atoms with Crippen LogP contribution >= 0.6 is 23.4 Å². The number of oxazole rings is 1. The Morgan fingerprint density at radius 2 is 2.12 bits per heavy atom. The Hall–Kier alpha value is -1.98. The van der Waals surface area contributed by atoms with E-state index in [2.05, 4.69) is 24.1 Å². The quantitative estimate of drug-likeness (QED) is 0.587. The summed E-state index contributed by atoms with van der Waals surface area (Å²) in [6.07, 6.45) is 0. The number of nitrogens with zero attached hydrogens (tertiary/aromatic N) is 1. The molecule has 1 aromatic heterocycles. The summed E-state index contributed by atoms with van der Waals surface area (Å²) in [5.41, 5.74) is 4.44. The maximum absolute atomic E-state index is 12.4. The van der Waals surface area contributed by atoms with Gasteiger partial charge in [0.25, 0.3) is 5.22 Å². The molecule has 1 heterocycles. The van der Waals surface area contributed by atoms with Crippen molar-refractivity contribution in [2.24, 2.45) is 0 Å². The number of benzene rings is 2. The van der Waals surface area contributed by atoms with Crippen molar-refractivity contribution in [1.29, 1.82) is 0 Å². The number of para-hydroxylation sites is 1. The lowest BCUT2D eigenvalue weighted by Crippen LogP contribution is -2.16. The summed E-state index contributed by atoms with van der Waals surface area (Å²) in [5.74, 6) is 0.484. The van der Waals surface area contributed by atoms with Gasteiger partial charge in [0.15, 0.2) is 5.58 Å². The highest BCUT2D eigenvalue weighted by Gasteiger charge is 2.14. The van der Waals surface area contributed by atoms with Gasteiger partial charge in [-0.15, -0.1) is 0 Å². The minimum absolute atomic E-state index is 0.0820. The molecule has 0 saturated heterocycles. The number of rotatable bonds is 5. The first-order chi connectivity index (χ1) is 11.9. The molecule has 1 amide bonds. The van der Waals surface area contributed by atoms with E-state index in [0.717, 1.165) is 16.8 Å². The maximum atomic E-state index is 12.4. The summed E-state index contributed by atoms with van der Waals surface area (Å²) in [5, 5.41) is 4.09. The number of carbonyl (C=O) groups excluding carboxylic acids is 1. The zero-order valence-electron chi connectivity index (χ0n) is 14.3. The predicted octanol–water partition coefficient (Wildman–Crippen LogP) is 5.64. The van der Waals surface area contributed by atoms with E-state index in [1.165, 1.54) is 11.8 Å². The van der Waals surface area contributed by atoms with Gasteiger partial charge in [0, 0.05) is 10.7 Å². The maximum Gasteiger partial charge on any atom is 0.257 e. The molecule has 4 nitrogen and oxygen atoms in total. The average Bonchev–Trinajstić information content (AvgIpc) is 2.96. The van der Waals surface area contributed by atoms with E-state index in [-0.39, 0.29) is 11.7 Å². The van der Waals surface area contributed by atoms with Crippen LogP contribution in [0, 0.1) is 6.92 Å². The van der Waals surface area contributed by atoms with Crippen LogP contribution in [0.25, 0.3) is 11.1 Å². The zero-order chi connectivity index (χ0) is 18.0. The third kappa shape index (κ3) is 4.17. The second-order valence-corrected chi connectivity index (χ2v) is 7.49. The molecule has 0 aliphatic carbocycles. The number of thioether (sulfide) groups is 1. The standard InChI is InChI=1S/C19H19ClN2O2S/c1-11(2)14-6-4-5-12(3)18(14)22-17(23)10-25-19-21-15-9-13(20)7-8-16(15)24-19/h4-9,11H,10H2,1-3H3,(H,22,23). The van der Waals surface area contributed by atoms with E-state index in [0.29, 0.717) is 27.3 Å². The molecule has 0 saturated carbocycles. The Labute approximate surface area is 156 Å². The number of hydrogen-bond donors (Lipinski definition) is 1. The fourth-order valence-electron chi connectivity index (χ4n) is 2.59. The topological polar surface area (TPSA) is 55.1 Å². The van der Waals surface area contributed by atoms with Crippen molar-refractivity contribution >= 4 is 46.1 Å². The van der Waals surface area contributed by atoms with Crippen molar-refractivity contribution in [3.8, 4) is 0 Å². The van der Waals surface area contributed by atoms with Gasteiger partial charge in [-0.1, -0.05) is 55.4 Å². The first-order valence-electron chi connectivity index (χ1n) is 8.02. The minimum Gasteiger partial charge on any atom is -0.431 e. The summed E-state index contributed by atoms with van der Waals surface area (Å²) >= 11 is 7.21. The number of amides is 1. The number of halogens is 1. The summed E-state index contributed by atoms with van der Waals surface area (Å²) in [6.45, 7) is 6.23. The van der Waals surface area contributed by atoms with Crippen LogP contribution in [-0.2, 0) is 4.79 Å². The molecule has 25 heavy (non-hydrogen) atoms. The van der Waals surface area contributed by atoms with Gasteiger partial charge in [-0.2, -0.15) is 0 Å². The van der Waals surface area contributed by atoms with Crippen LogP contribution < -0.4 is 5.32 Å². The van der Waals surface area contributed by atoms with E-state index in [1.54, 1.807) is 18.2 Å². The van der Waals surface area contributed by atoms with Crippen LogP contribution in [0.4, 0.5) is 5.69 Å². The highest BCUT2D eigenvalue weighted by molar-refractivity contribution is 7.99. The number of hydrogen-bond acceptors (Lipinski definition) is 4. The first-order valence-corrected chi connectivity index (χ1v) is 9.38. The van der Waals surface area contributed by atoms with Gasteiger partial charge in [-0.05, 0) is 42.2 Å². The van der Waals surface area contributed by atoms with Crippen LogP contribution in [-0.4, -0.2) is 16.6 Å². The van der Waals surface area contributed by atoms with Gasteiger partial charge in [0.05, 0.1) is 5.75 Å². The van der Waals surface area contributed by atoms with Crippen LogP contribution in [0.1, 0.15) is 30.9 Å². The molecule has 0 atom stereocenters. The van der Waals surface area contributed by atoms with Crippen molar-refractivity contribution in [3.05, 3.63) is 52.5 Å². The van der Waals surface area contributed by atoms with Gasteiger partial charge in [0.1, 0.15) is 5.52 Å². The Bertz CT molecular complexity index is 921. The Balaban J connectivity index is 1.69. The molecule has 0 unspecified atom stereocenters. The van der Waals surface area contributed by atoms with Gasteiger partial charge in [0.2, 0.25) is 5.91 Å². The molecule has 1 N–H and O–H groups in total. The largest absolute Gasteiger partial charge is 0.431 e. The molecule has 0 fully saturated rings. The van der Waals surface area contributed by atoms with Gasteiger partial charge in [-0.25, -0.2) is 4.98 Å². The lowest BCUT2D eigenvalue weighted by Gasteiger charge is -2.16. The number of nitrogens with one attached hydrogen (secondary N) is 1. The van der Waals surface area contributed by atoms with Crippen molar-refractivity contribution in [2.45, 2.75) is 31.9 Å². The number of aryl methyl sites for hydroxylation is 1. The normalized spacial score (nSPS) is 11.2.